The zero-order valence-corrected chi connectivity index (χ0v) is 18.1. The second-order valence-electron chi connectivity index (χ2n) is 7.79. The molecule has 3 aromatic rings. The lowest BCUT2D eigenvalue weighted by atomic mass is 10.2. The third kappa shape index (κ3) is 4.97. The first-order valence-corrected chi connectivity index (χ1v) is 10.4. The molecule has 168 valence electrons. The van der Waals surface area contributed by atoms with Crippen molar-refractivity contribution in [2.45, 2.75) is 20.1 Å². The average molecular weight is 439 g/mol. The number of piperazine rings is 1. The van der Waals surface area contributed by atoms with E-state index in [0.717, 1.165) is 25.3 Å². The number of non-ortho nitro benzene ring substituents is 1. The molecule has 1 aliphatic heterocycles. The minimum atomic E-state index is -0.464. The van der Waals surface area contributed by atoms with Gasteiger partial charge in [0.15, 0.2) is 5.76 Å². The van der Waals surface area contributed by atoms with Gasteiger partial charge >= 0.3 is 0 Å². The number of nitro benzene ring substituents is 1. The maximum absolute atomic E-state index is 12.8. The molecule has 10 heteroatoms. The fourth-order valence-electron chi connectivity index (χ4n) is 3.70. The normalized spacial score (nSPS) is 14.5. The van der Waals surface area contributed by atoms with Crippen LogP contribution in [0.15, 0.2) is 47.0 Å². The quantitative estimate of drug-likeness (QED) is 0.411. The minimum absolute atomic E-state index is 0.00102. The van der Waals surface area contributed by atoms with Crippen molar-refractivity contribution in [3.8, 4) is 5.75 Å². The van der Waals surface area contributed by atoms with Crippen molar-refractivity contribution in [1.82, 2.24) is 19.6 Å². The third-order valence-electron chi connectivity index (χ3n) is 5.47. The smallest absolute Gasteiger partial charge is 0.289 e. The molecule has 2 aromatic heterocycles. The lowest BCUT2D eigenvalue weighted by Crippen LogP contribution is -2.48. The van der Waals surface area contributed by atoms with Crippen molar-refractivity contribution in [1.29, 1.82) is 0 Å². The number of aryl methyl sites for hydroxylation is 2. The molecule has 0 bridgehead atoms. The molecule has 0 aliphatic carbocycles. The van der Waals surface area contributed by atoms with Crippen molar-refractivity contribution >= 4 is 11.6 Å². The third-order valence-corrected chi connectivity index (χ3v) is 5.47. The van der Waals surface area contributed by atoms with Crippen molar-refractivity contribution in [3.63, 3.8) is 0 Å². The van der Waals surface area contributed by atoms with Crippen LogP contribution < -0.4 is 4.74 Å². The first-order chi connectivity index (χ1) is 15.4. The van der Waals surface area contributed by atoms with Gasteiger partial charge in [0.1, 0.15) is 18.1 Å². The highest BCUT2D eigenvalue weighted by atomic mass is 16.6. The van der Waals surface area contributed by atoms with Crippen LogP contribution in [0.5, 0.6) is 5.75 Å². The second-order valence-corrected chi connectivity index (χ2v) is 7.79. The van der Waals surface area contributed by atoms with Crippen LogP contribution in [0.25, 0.3) is 0 Å². The van der Waals surface area contributed by atoms with Gasteiger partial charge in [0.05, 0.1) is 10.6 Å². The van der Waals surface area contributed by atoms with Gasteiger partial charge in [-0.15, -0.1) is 0 Å². The van der Waals surface area contributed by atoms with E-state index in [1.807, 2.05) is 24.9 Å². The number of ether oxygens (including phenoxy) is 1. The highest BCUT2D eigenvalue weighted by Crippen LogP contribution is 2.20. The maximum Gasteiger partial charge on any atom is 0.289 e. The van der Waals surface area contributed by atoms with E-state index in [0.29, 0.717) is 24.6 Å². The number of aromatic nitrogens is 2. The Labute approximate surface area is 185 Å². The largest absolute Gasteiger partial charge is 0.486 e. The summed E-state index contributed by atoms with van der Waals surface area (Å²) in [4.78, 5) is 27.2. The highest BCUT2D eigenvalue weighted by Gasteiger charge is 2.25. The lowest BCUT2D eigenvalue weighted by Gasteiger charge is -2.34. The van der Waals surface area contributed by atoms with Gasteiger partial charge < -0.3 is 14.1 Å². The van der Waals surface area contributed by atoms with Gasteiger partial charge in [0, 0.05) is 63.7 Å². The van der Waals surface area contributed by atoms with Crippen LogP contribution in [0.3, 0.4) is 0 Å². The molecular formula is C22H25N5O5. The molecule has 0 spiro atoms. The van der Waals surface area contributed by atoms with E-state index in [-0.39, 0.29) is 24.0 Å². The number of rotatable bonds is 7. The summed E-state index contributed by atoms with van der Waals surface area (Å²) in [5, 5.41) is 15.1. The topological polar surface area (TPSA) is 107 Å². The number of hydrogen-bond donors (Lipinski definition) is 0. The summed E-state index contributed by atoms with van der Waals surface area (Å²) in [6.07, 6.45) is 2.04. The van der Waals surface area contributed by atoms with Gasteiger partial charge in [0.25, 0.3) is 11.6 Å². The monoisotopic (exact) mass is 439 g/mol. The fourth-order valence-corrected chi connectivity index (χ4v) is 3.70. The Morgan fingerprint density at radius 1 is 1.16 bits per heavy atom. The number of hydrogen-bond acceptors (Lipinski definition) is 7. The van der Waals surface area contributed by atoms with Crippen molar-refractivity contribution in [2.24, 2.45) is 7.05 Å². The summed E-state index contributed by atoms with van der Waals surface area (Å²) < 4.78 is 13.1. The zero-order chi connectivity index (χ0) is 22.7. The standard InChI is InChI=1S/C22H25N5O5/c1-16-17(13-24(2)23-16)14-25-9-11-26(12-10-25)22(28)21-8-7-20(32-21)15-31-19-5-3-18(4-6-19)27(29)30/h3-8,13H,9-12,14-15H2,1-2H3. The molecule has 0 radical (unpaired) electrons. The van der Waals surface area contributed by atoms with Crippen LogP contribution in [0, 0.1) is 17.0 Å². The number of amides is 1. The lowest BCUT2D eigenvalue weighted by molar-refractivity contribution is -0.384. The molecule has 1 saturated heterocycles. The Bertz CT molecular complexity index is 1100. The minimum Gasteiger partial charge on any atom is -0.486 e. The molecule has 10 nitrogen and oxygen atoms in total. The summed E-state index contributed by atoms with van der Waals surface area (Å²) in [5.41, 5.74) is 2.24. The molecule has 0 N–H and O–H groups in total. The van der Waals surface area contributed by atoms with Gasteiger partial charge in [-0.3, -0.25) is 24.5 Å². The van der Waals surface area contributed by atoms with Gasteiger partial charge in [0.2, 0.25) is 0 Å². The maximum atomic E-state index is 12.8. The summed E-state index contributed by atoms with van der Waals surface area (Å²) in [7, 11) is 1.92. The molecular weight excluding hydrogens is 414 g/mol. The zero-order valence-electron chi connectivity index (χ0n) is 18.1. The van der Waals surface area contributed by atoms with Crippen LogP contribution in [0.1, 0.15) is 27.6 Å². The van der Waals surface area contributed by atoms with Crippen molar-refractivity contribution in [3.05, 3.63) is 75.5 Å². The van der Waals surface area contributed by atoms with Gasteiger partial charge in [-0.05, 0) is 31.2 Å². The van der Waals surface area contributed by atoms with Crippen molar-refractivity contribution < 1.29 is 18.9 Å². The van der Waals surface area contributed by atoms with E-state index in [2.05, 4.69) is 10.00 Å². The van der Waals surface area contributed by atoms with Crippen LogP contribution in [0.2, 0.25) is 0 Å². The summed E-state index contributed by atoms with van der Waals surface area (Å²) in [6.45, 7) is 5.81. The van der Waals surface area contributed by atoms with E-state index in [9.17, 15) is 14.9 Å². The molecule has 4 rings (SSSR count). The van der Waals surface area contributed by atoms with Crippen LogP contribution >= 0.6 is 0 Å². The van der Waals surface area contributed by atoms with Crippen LogP contribution in [0.4, 0.5) is 5.69 Å². The number of furan rings is 1. The van der Waals surface area contributed by atoms with Crippen LogP contribution in [-0.4, -0.2) is 56.6 Å². The number of benzene rings is 1. The second kappa shape index (κ2) is 9.23. The summed E-state index contributed by atoms with van der Waals surface area (Å²) >= 11 is 0. The first-order valence-electron chi connectivity index (χ1n) is 10.4. The molecule has 0 atom stereocenters. The molecule has 1 aliphatic rings. The number of nitro groups is 1. The number of nitrogens with zero attached hydrogens (tertiary/aromatic N) is 5. The molecule has 0 unspecified atom stereocenters. The summed E-state index contributed by atoms with van der Waals surface area (Å²) in [6, 6.07) is 9.17. The number of carbonyl (C=O) groups excluding carboxylic acids is 1. The Balaban J connectivity index is 1.27. The molecule has 1 amide bonds. The average Bonchev–Trinajstić information content (AvgIpc) is 3.38. The van der Waals surface area contributed by atoms with E-state index >= 15 is 0 Å². The Hall–Kier alpha value is -3.66. The molecule has 3 heterocycles. The van der Waals surface area contributed by atoms with Gasteiger partial charge in [-0.1, -0.05) is 0 Å². The fraction of sp³-hybridized carbons (Fsp3) is 0.364. The molecule has 0 saturated carbocycles. The van der Waals surface area contributed by atoms with E-state index in [1.54, 1.807) is 17.0 Å². The number of carbonyl (C=O) groups is 1. The Morgan fingerprint density at radius 2 is 1.88 bits per heavy atom. The SMILES string of the molecule is Cc1nn(C)cc1CN1CCN(C(=O)c2ccc(COc3ccc([N+](=O)[O-])cc3)o2)CC1. The molecule has 1 fully saturated rings. The van der Waals surface area contributed by atoms with Gasteiger partial charge in [-0.2, -0.15) is 5.10 Å². The Morgan fingerprint density at radius 3 is 2.50 bits per heavy atom. The first kappa shape index (κ1) is 21.6. The molecule has 32 heavy (non-hydrogen) atoms. The van der Waals surface area contributed by atoms with Crippen LogP contribution in [-0.2, 0) is 20.2 Å². The van der Waals surface area contributed by atoms with Crippen molar-refractivity contribution in [2.75, 3.05) is 26.2 Å². The van der Waals surface area contributed by atoms with E-state index in [4.69, 9.17) is 9.15 Å². The predicted molar refractivity (Wildman–Crippen MR) is 115 cm³/mol. The summed E-state index contributed by atoms with van der Waals surface area (Å²) in [5.74, 6) is 1.14. The van der Waals surface area contributed by atoms with E-state index in [1.165, 1.54) is 29.8 Å². The highest BCUT2D eigenvalue weighted by molar-refractivity contribution is 5.91. The Kier molecular flexibility index (Phi) is 6.22. The predicted octanol–water partition coefficient (Wildman–Crippen LogP) is 2.77. The molecule has 1 aromatic carbocycles. The van der Waals surface area contributed by atoms with Gasteiger partial charge in [-0.25, -0.2) is 0 Å². The van der Waals surface area contributed by atoms with E-state index < -0.39 is 4.92 Å².